The number of hydrogen-bond donors (Lipinski definition) is 1. The van der Waals surface area contributed by atoms with Crippen molar-refractivity contribution in [1.82, 2.24) is 24.8 Å². The zero-order valence-corrected chi connectivity index (χ0v) is 21.2. The Morgan fingerprint density at radius 1 is 1.13 bits per heavy atom. The van der Waals surface area contributed by atoms with Crippen LogP contribution in [0.5, 0.6) is 5.88 Å². The molecule has 6 rings (SSSR count). The van der Waals surface area contributed by atoms with Crippen LogP contribution in [0.1, 0.15) is 32.2 Å². The molecule has 1 N–H and O–H groups in total. The summed E-state index contributed by atoms with van der Waals surface area (Å²) in [5.41, 5.74) is 4.32. The van der Waals surface area contributed by atoms with Crippen LogP contribution in [0, 0.1) is 5.92 Å². The number of halogens is 3. The van der Waals surface area contributed by atoms with E-state index in [2.05, 4.69) is 19.8 Å². The Kier molecular flexibility index (Phi) is 6.41. The molecule has 202 valence electrons. The first-order valence-corrected chi connectivity index (χ1v) is 13.2. The first kappa shape index (κ1) is 25.0. The molecule has 11 heteroatoms. The maximum atomic E-state index is 12.7. The number of benzene rings is 1. The normalized spacial score (nSPS) is 21.6. The summed E-state index contributed by atoms with van der Waals surface area (Å²) in [7, 11) is 0. The molecule has 2 aromatic heterocycles. The van der Waals surface area contributed by atoms with Crippen molar-refractivity contribution < 1.29 is 22.7 Å². The summed E-state index contributed by atoms with van der Waals surface area (Å²) < 4.78 is 46.7. The first-order valence-electron chi connectivity index (χ1n) is 13.2. The number of alkyl halides is 3. The number of piperazine rings is 1. The summed E-state index contributed by atoms with van der Waals surface area (Å²) in [5.74, 6) is 0.650. The molecule has 3 aromatic rings. The number of amides is 1. The molecule has 2 atom stereocenters. The van der Waals surface area contributed by atoms with E-state index in [0.29, 0.717) is 51.1 Å². The molecule has 0 radical (unpaired) electrons. The number of aromatic nitrogens is 3. The Bertz CT molecular complexity index is 1310. The van der Waals surface area contributed by atoms with Crippen LogP contribution in [0.2, 0.25) is 0 Å². The van der Waals surface area contributed by atoms with Crippen LogP contribution in [0.25, 0.3) is 22.3 Å². The molecule has 1 aromatic carbocycles. The van der Waals surface area contributed by atoms with Gasteiger partial charge in [-0.05, 0) is 38.0 Å². The highest BCUT2D eigenvalue weighted by Gasteiger charge is 2.33. The van der Waals surface area contributed by atoms with Gasteiger partial charge in [-0.25, -0.2) is 9.97 Å². The second-order valence-corrected chi connectivity index (χ2v) is 10.6. The van der Waals surface area contributed by atoms with Gasteiger partial charge in [-0.1, -0.05) is 12.1 Å². The molecular weight excluding hydrogens is 497 g/mol. The van der Waals surface area contributed by atoms with Gasteiger partial charge in [0.15, 0.2) is 0 Å². The van der Waals surface area contributed by atoms with Gasteiger partial charge in [0.25, 0.3) is 0 Å². The monoisotopic (exact) mass is 528 g/mol. The summed E-state index contributed by atoms with van der Waals surface area (Å²) in [6, 6.07) is 10.3. The van der Waals surface area contributed by atoms with Crippen molar-refractivity contribution in [3.8, 4) is 17.1 Å². The molecule has 38 heavy (non-hydrogen) atoms. The van der Waals surface area contributed by atoms with Gasteiger partial charge in [0.2, 0.25) is 11.8 Å². The maximum Gasteiger partial charge on any atom is 0.401 e. The SMILES string of the molecule is CC(Oc1nc(-c2ccc(N3CCN(CC(F)(F)F)CC3)cc2)cc2ncn(C3CC3)c12)C1CNC(=O)C1. The van der Waals surface area contributed by atoms with Crippen LogP contribution in [0.4, 0.5) is 18.9 Å². The minimum Gasteiger partial charge on any atom is -0.473 e. The number of nitrogens with zero attached hydrogens (tertiary/aromatic N) is 5. The Morgan fingerprint density at radius 2 is 1.87 bits per heavy atom. The number of imidazole rings is 1. The maximum absolute atomic E-state index is 12.7. The van der Waals surface area contributed by atoms with Gasteiger partial charge in [0.1, 0.15) is 11.6 Å². The zero-order chi connectivity index (χ0) is 26.4. The van der Waals surface area contributed by atoms with Crippen molar-refractivity contribution in [1.29, 1.82) is 0 Å². The predicted molar refractivity (Wildman–Crippen MR) is 137 cm³/mol. The molecule has 1 aliphatic carbocycles. The molecule has 2 saturated heterocycles. The fourth-order valence-electron chi connectivity index (χ4n) is 5.38. The molecule has 2 aliphatic heterocycles. The van der Waals surface area contributed by atoms with Crippen molar-refractivity contribution in [2.75, 3.05) is 44.2 Å². The second-order valence-electron chi connectivity index (χ2n) is 10.6. The van der Waals surface area contributed by atoms with Crippen molar-refractivity contribution in [2.45, 2.75) is 44.5 Å². The third-order valence-electron chi connectivity index (χ3n) is 7.73. The summed E-state index contributed by atoms with van der Waals surface area (Å²) in [5, 5.41) is 2.88. The number of pyridine rings is 1. The van der Waals surface area contributed by atoms with Crippen LogP contribution >= 0.6 is 0 Å². The van der Waals surface area contributed by atoms with Crippen LogP contribution in [-0.4, -0.2) is 76.9 Å². The van der Waals surface area contributed by atoms with E-state index in [0.717, 1.165) is 40.8 Å². The Balaban J connectivity index is 1.23. The zero-order valence-electron chi connectivity index (χ0n) is 21.2. The first-order chi connectivity index (χ1) is 18.2. The number of anilines is 1. The van der Waals surface area contributed by atoms with Crippen molar-refractivity contribution in [3.63, 3.8) is 0 Å². The topological polar surface area (TPSA) is 75.5 Å². The molecule has 3 fully saturated rings. The highest BCUT2D eigenvalue weighted by Crippen LogP contribution is 2.40. The number of carbonyl (C=O) groups excluding carboxylic acids is 1. The molecular formula is C27H31F3N6O2. The fraction of sp³-hybridized carbons (Fsp3) is 0.519. The van der Waals surface area contributed by atoms with Gasteiger partial charge in [-0.3, -0.25) is 9.69 Å². The molecule has 0 spiro atoms. The van der Waals surface area contributed by atoms with Gasteiger partial charge < -0.3 is 19.5 Å². The van der Waals surface area contributed by atoms with E-state index in [1.807, 2.05) is 43.6 Å². The Labute approximate surface area is 218 Å². The molecule has 4 heterocycles. The van der Waals surface area contributed by atoms with Crippen LogP contribution < -0.4 is 15.0 Å². The Morgan fingerprint density at radius 3 is 2.50 bits per heavy atom. The van der Waals surface area contributed by atoms with Crippen LogP contribution in [0.3, 0.4) is 0 Å². The molecule has 3 aliphatic rings. The van der Waals surface area contributed by atoms with Crippen LogP contribution in [0.15, 0.2) is 36.7 Å². The van der Waals surface area contributed by atoms with Crippen molar-refractivity contribution in [2.24, 2.45) is 5.92 Å². The molecule has 8 nitrogen and oxygen atoms in total. The third kappa shape index (κ3) is 5.29. The van der Waals surface area contributed by atoms with Crippen LogP contribution in [-0.2, 0) is 4.79 Å². The van der Waals surface area contributed by atoms with E-state index in [1.165, 1.54) is 4.90 Å². The van der Waals surface area contributed by atoms with E-state index in [4.69, 9.17) is 9.72 Å². The smallest absolute Gasteiger partial charge is 0.401 e. The standard InChI is InChI=1S/C27H31F3N6O2/c1-17(19-12-24(37)31-14-19)38-26-25-23(32-16-36(25)21-6-7-21)13-22(33-26)18-2-4-20(5-3-18)35-10-8-34(9-11-35)15-27(28,29)30/h2-5,13,16-17,19,21H,6-12,14-15H2,1H3,(H,31,37). The third-order valence-corrected chi connectivity index (χ3v) is 7.73. The second kappa shape index (κ2) is 9.76. The van der Waals surface area contributed by atoms with E-state index in [1.54, 1.807) is 0 Å². The van der Waals surface area contributed by atoms with E-state index < -0.39 is 12.7 Å². The van der Waals surface area contributed by atoms with Gasteiger partial charge >= 0.3 is 6.18 Å². The molecule has 1 amide bonds. The summed E-state index contributed by atoms with van der Waals surface area (Å²) in [6.45, 7) is 3.57. The van der Waals surface area contributed by atoms with Crippen molar-refractivity contribution in [3.05, 3.63) is 36.7 Å². The lowest BCUT2D eigenvalue weighted by Gasteiger charge is -2.36. The van der Waals surface area contributed by atoms with E-state index in [9.17, 15) is 18.0 Å². The lowest BCUT2D eigenvalue weighted by Crippen LogP contribution is -2.49. The molecule has 1 saturated carbocycles. The number of carbonyl (C=O) groups is 1. The molecule has 2 unspecified atom stereocenters. The van der Waals surface area contributed by atoms with Crippen molar-refractivity contribution >= 4 is 22.6 Å². The Hall–Kier alpha value is -3.34. The molecule has 0 bridgehead atoms. The number of ether oxygens (including phenoxy) is 1. The quantitative estimate of drug-likeness (QED) is 0.500. The van der Waals surface area contributed by atoms with E-state index in [-0.39, 0.29) is 17.9 Å². The highest BCUT2D eigenvalue weighted by atomic mass is 19.4. The number of fused-ring (bicyclic) bond motifs is 1. The van der Waals surface area contributed by atoms with Gasteiger partial charge in [-0.15, -0.1) is 0 Å². The minimum absolute atomic E-state index is 0.0437. The van der Waals surface area contributed by atoms with Gasteiger partial charge in [0, 0.05) is 62.4 Å². The van der Waals surface area contributed by atoms with Gasteiger partial charge in [0.05, 0.1) is 24.1 Å². The largest absolute Gasteiger partial charge is 0.473 e. The lowest BCUT2D eigenvalue weighted by molar-refractivity contribution is -0.146. The average Bonchev–Trinajstić information content (AvgIpc) is 3.48. The van der Waals surface area contributed by atoms with Gasteiger partial charge in [-0.2, -0.15) is 13.2 Å². The fourth-order valence-corrected chi connectivity index (χ4v) is 5.38. The summed E-state index contributed by atoms with van der Waals surface area (Å²) in [6.07, 6.45) is 0.147. The summed E-state index contributed by atoms with van der Waals surface area (Å²) in [4.78, 5) is 24.9. The lowest BCUT2D eigenvalue weighted by atomic mass is 10.0. The predicted octanol–water partition coefficient (Wildman–Crippen LogP) is 4.02. The minimum atomic E-state index is -4.17. The number of hydrogen-bond acceptors (Lipinski definition) is 6. The van der Waals surface area contributed by atoms with E-state index >= 15 is 0 Å². The number of rotatable bonds is 7. The average molecular weight is 529 g/mol. The summed E-state index contributed by atoms with van der Waals surface area (Å²) >= 11 is 0. The highest BCUT2D eigenvalue weighted by molar-refractivity contribution is 5.85. The number of nitrogens with one attached hydrogen (secondary N) is 1.